The summed E-state index contributed by atoms with van der Waals surface area (Å²) in [6.07, 6.45) is 2.02. The van der Waals surface area contributed by atoms with Crippen LogP contribution in [0.2, 0.25) is 0 Å². The van der Waals surface area contributed by atoms with Crippen LogP contribution in [0, 0.1) is 0 Å². The molecule has 0 radical (unpaired) electrons. The summed E-state index contributed by atoms with van der Waals surface area (Å²) in [7, 11) is 1.90. The number of benzene rings is 1. The van der Waals surface area contributed by atoms with Gasteiger partial charge in [0.2, 0.25) is 0 Å². The summed E-state index contributed by atoms with van der Waals surface area (Å²) in [5.74, 6) is 0.369. The Morgan fingerprint density at radius 2 is 2.26 bits per heavy atom. The highest BCUT2D eigenvalue weighted by Crippen LogP contribution is 2.24. The third-order valence-corrected chi connectivity index (χ3v) is 4.23. The molecule has 1 aromatic carbocycles. The van der Waals surface area contributed by atoms with Gasteiger partial charge in [-0.15, -0.1) is 0 Å². The van der Waals surface area contributed by atoms with Gasteiger partial charge in [0.1, 0.15) is 0 Å². The van der Waals surface area contributed by atoms with Crippen molar-refractivity contribution in [3.05, 3.63) is 45.7 Å². The molecular formula is C16H20N2O. The highest BCUT2D eigenvalue weighted by atomic mass is 16.1. The second kappa shape index (κ2) is 4.82. The van der Waals surface area contributed by atoms with Gasteiger partial charge in [0.05, 0.1) is 5.52 Å². The molecule has 2 heterocycles. The van der Waals surface area contributed by atoms with Crippen LogP contribution in [0.3, 0.4) is 0 Å². The normalized spacial score (nSPS) is 19.2. The van der Waals surface area contributed by atoms with Gasteiger partial charge in [-0.3, -0.25) is 4.79 Å². The van der Waals surface area contributed by atoms with Crippen LogP contribution in [-0.2, 0) is 13.5 Å². The Kier molecular flexibility index (Phi) is 3.15. The topological polar surface area (TPSA) is 34.0 Å². The average Bonchev–Trinajstić information content (AvgIpc) is 2.95. The minimum absolute atomic E-state index is 0.169. The van der Waals surface area contributed by atoms with Crippen LogP contribution < -0.4 is 10.9 Å². The van der Waals surface area contributed by atoms with E-state index in [2.05, 4.69) is 36.5 Å². The van der Waals surface area contributed by atoms with Gasteiger partial charge in [0, 0.05) is 25.1 Å². The molecule has 1 aliphatic rings. The quantitative estimate of drug-likeness (QED) is 0.893. The van der Waals surface area contributed by atoms with Crippen molar-refractivity contribution in [2.24, 2.45) is 7.05 Å². The Morgan fingerprint density at radius 1 is 1.42 bits per heavy atom. The number of hydrogen-bond acceptors (Lipinski definition) is 2. The van der Waals surface area contributed by atoms with Crippen molar-refractivity contribution in [1.82, 2.24) is 9.88 Å². The number of pyridine rings is 1. The van der Waals surface area contributed by atoms with Gasteiger partial charge in [-0.1, -0.05) is 25.1 Å². The van der Waals surface area contributed by atoms with E-state index in [0.29, 0.717) is 5.92 Å². The zero-order chi connectivity index (χ0) is 13.4. The van der Waals surface area contributed by atoms with Crippen LogP contribution in [0.15, 0.2) is 29.1 Å². The molecule has 1 aromatic heterocycles. The lowest BCUT2D eigenvalue weighted by Gasteiger charge is -2.15. The molecule has 1 fully saturated rings. The Labute approximate surface area is 113 Å². The van der Waals surface area contributed by atoms with Crippen LogP contribution in [0.4, 0.5) is 0 Å². The summed E-state index contributed by atoms with van der Waals surface area (Å²) in [6, 6.07) is 8.41. The molecule has 3 nitrogen and oxygen atoms in total. The van der Waals surface area contributed by atoms with E-state index in [1.807, 2.05) is 11.6 Å². The zero-order valence-electron chi connectivity index (χ0n) is 11.6. The van der Waals surface area contributed by atoms with E-state index in [-0.39, 0.29) is 5.56 Å². The number of para-hydroxylation sites is 1. The standard InChI is InChI=1S/C16H20N2O/c1-3-11-5-4-6-12-9-14(13-7-8-17-10-13)16(19)18(2)15(11)12/h4-6,9,13,17H,3,7-8,10H2,1-2H3. The van der Waals surface area contributed by atoms with Gasteiger partial charge in [0.15, 0.2) is 0 Å². The number of rotatable bonds is 2. The van der Waals surface area contributed by atoms with Crippen molar-refractivity contribution >= 4 is 10.9 Å². The number of nitrogens with zero attached hydrogens (tertiary/aromatic N) is 1. The van der Waals surface area contributed by atoms with E-state index in [9.17, 15) is 4.79 Å². The molecular weight excluding hydrogens is 236 g/mol. The molecule has 3 heteroatoms. The summed E-state index contributed by atoms with van der Waals surface area (Å²) >= 11 is 0. The lowest BCUT2D eigenvalue weighted by molar-refractivity contribution is 0.733. The molecule has 0 amide bonds. The Bertz CT molecular complexity index is 666. The van der Waals surface area contributed by atoms with Gasteiger partial charge < -0.3 is 9.88 Å². The van der Waals surface area contributed by atoms with E-state index >= 15 is 0 Å². The smallest absolute Gasteiger partial charge is 0.254 e. The van der Waals surface area contributed by atoms with Gasteiger partial charge >= 0.3 is 0 Å². The third kappa shape index (κ3) is 1.98. The summed E-state index contributed by atoms with van der Waals surface area (Å²) < 4.78 is 1.84. The van der Waals surface area contributed by atoms with Gasteiger partial charge in [-0.25, -0.2) is 0 Å². The molecule has 0 saturated carbocycles. The first kappa shape index (κ1) is 12.4. The van der Waals surface area contributed by atoms with E-state index in [1.165, 1.54) is 10.9 Å². The maximum Gasteiger partial charge on any atom is 0.254 e. The molecule has 19 heavy (non-hydrogen) atoms. The molecule has 100 valence electrons. The summed E-state index contributed by atoms with van der Waals surface area (Å²) in [4.78, 5) is 12.6. The number of aromatic nitrogens is 1. The maximum atomic E-state index is 12.6. The fraction of sp³-hybridized carbons (Fsp3) is 0.438. The molecule has 1 saturated heterocycles. The predicted molar refractivity (Wildman–Crippen MR) is 78.8 cm³/mol. The highest BCUT2D eigenvalue weighted by Gasteiger charge is 2.21. The lowest BCUT2D eigenvalue weighted by Crippen LogP contribution is -2.25. The molecule has 1 unspecified atom stereocenters. The fourth-order valence-corrected chi connectivity index (χ4v) is 3.16. The van der Waals surface area contributed by atoms with Crippen molar-refractivity contribution in [3.63, 3.8) is 0 Å². The monoisotopic (exact) mass is 256 g/mol. The van der Waals surface area contributed by atoms with E-state index < -0.39 is 0 Å². The number of aryl methyl sites for hydroxylation is 2. The highest BCUT2D eigenvalue weighted by molar-refractivity contribution is 5.83. The van der Waals surface area contributed by atoms with Gasteiger partial charge in [-0.2, -0.15) is 0 Å². The minimum atomic E-state index is 0.169. The number of hydrogen-bond donors (Lipinski definition) is 1. The first-order valence-electron chi connectivity index (χ1n) is 7.04. The van der Waals surface area contributed by atoms with Crippen LogP contribution in [0.25, 0.3) is 10.9 Å². The van der Waals surface area contributed by atoms with Crippen molar-refractivity contribution in [2.45, 2.75) is 25.7 Å². The predicted octanol–water partition coefficient (Wildman–Crippen LogP) is 2.18. The van der Waals surface area contributed by atoms with Crippen molar-refractivity contribution in [2.75, 3.05) is 13.1 Å². The van der Waals surface area contributed by atoms with Crippen LogP contribution in [-0.4, -0.2) is 17.7 Å². The third-order valence-electron chi connectivity index (χ3n) is 4.23. The summed E-state index contributed by atoms with van der Waals surface area (Å²) in [5.41, 5.74) is 3.47. The zero-order valence-corrected chi connectivity index (χ0v) is 11.6. The number of fused-ring (bicyclic) bond motifs is 1. The van der Waals surface area contributed by atoms with Crippen LogP contribution in [0.1, 0.15) is 30.4 Å². The minimum Gasteiger partial charge on any atom is -0.316 e. The van der Waals surface area contributed by atoms with Gasteiger partial charge in [0.25, 0.3) is 5.56 Å². The molecule has 0 spiro atoms. The molecule has 3 rings (SSSR count). The van der Waals surface area contributed by atoms with E-state index in [4.69, 9.17) is 0 Å². The van der Waals surface area contributed by atoms with E-state index in [1.54, 1.807) is 0 Å². The van der Waals surface area contributed by atoms with Crippen LogP contribution in [0.5, 0.6) is 0 Å². The maximum absolute atomic E-state index is 12.6. The number of nitrogens with one attached hydrogen (secondary N) is 1. The SMILES string of the molecule is CCc1cccc2cc(C3CCNC3)c(=O)n(C)c12. The molecule has 1 atom stereocenters. The summed E-state index contributed by atoms with van der Waals surface area (Å²) in [6.45, 7) is 4.07. The van der Waals surface area contributed by atoms with Crippen molar-refractivity contribution in [3.8, 4) is 0 Å². The molecule has 1 aliphatic heterocycles. The van der Waals surface area contributed by atoms with Crippen molar-refractivity contribution in [1.29, 1.82) is 0 Å². The fourth-order valence-electron chi connectivity index (χ4n) is 3.16. The average molecular weight is 256 g/mol. The van der Waals surface area contributed by atoms with Gasteiger partial charge in [-0.05, 0) is 36.4 Å². The first-order chi connectivity index (χ1) is 9.22. The Balaban J connectivity index is 2.27. The molecule has 0 aliphatic carbocycles. The summed E-state index contributed by atoms with van der Waals surface area (Å²) in [5, 5.41) is 4.52. The Hall–Kier alpha value is -1.61. The largest absolute Gasteiger partial charge is 0.316 e. The van der Waals surface area contributed by atoms with E-state index in [0.717, 1.165) is 37.0 Å². The van der Waals surface area contributed by atoms with Crippen LogP contribution >= 0.6 is 0 Å². The molecule has 0 bridgehead atoms. The first-order valence-corrected chi connectivity index (χ1v) is 7.04. The second-order valence-corrected chi connectivity index (χ2v) is 5.36. The lowest BCUT2D eigenvalue weighted by atomic mass is 9.97. The van der Waals surface area contributed by atoms with Crippen molar-refractivity contribution < 1.29 is 0 Å². The Morgan fingerprint density at radius 3 is 2.95 bits per heavy atom. The second-order valence-electron chi connectivity index (χ2n) is 5.36. The molecule has 2 aromatic rings. The molecule has 1 N–H and O–H groups in total.